The fraction of sp³-hybridized carbons (Fsp3) is 0.636. The molecule has 0 spiro atoms. The Hall–Kier alpha value is -0.690. The van der Waals surface area contributed by atoms with Crippen LogP contribution in [0.15, 0.2) is 12.1 Å². The number of hydrogen-bond acceptors (Lipinski definition) is 2. The van der Waals surface area contributed by atoms with Gasteiger partial charge in [0.15, 0.2) is 0 Å². The highest BCUT2D eigenvalue weighted by molar-refractivity contribution is 7.12. The van der Waals surface area contributed by atoms with E-state index in [1.54, 1.807) is 6.07 Å². The van der Waals surface area contributed by atoms with Crippen molar-refractivity contribution in [1.82, 2.24) is 5.32 Å². The number of alkyl halides is 5. The third kappa shape index (κ3) is 3.00. The third-order valence-electron chi connectivity index (χ3n) is 2.46. The Morgan fingerprint density at radius 1 is 1.17 bits per heavy atom. The van der Waals surface area contributed by atoms with Gasteiger partial charge in [0, 0.05) is 9.75 Å². The van der Waals surface area contributed by atoms with E-state index < -0.39 is 18.1 Å². The molecule has 1 nitrogen and oxygen atoms in total. The van der Waals surface area contributed by atoms with Crippen molar-refractivity contribution < 1.29 is 22.0 Å². The monoisotopic (exact) mass is 287 g/mol. The summed E-state index contributed by atoms with van der Waals surface area (Å²) in [5.41, 5.74) is 0. The number of nitrogens with one attached hydrogen (secondary N) is 1. The van der Waals surface area contributed by atoms with Crippen LogP contribution in [0.3, 0.4) is 0 Å². The zero-order valence-corrected chi connectivity index (χ0v) is 10.8. The number of thiophene rings is 1. The molecule has 0 saturated carbocycles. The molecule has 7 heteroatoms. The van der Waals surface area contributed by atoms with E-state index in [0.717, 1.165) is 16.2 Å². The standard InChI is InChI=1S/C11H14F5NS/c1-3-7-5-6-8(18-7)9(17-4-2)10(12,13)11(14,15)16/h5-6,9,17H,3-4H2,1-2H3. The fourth-order valence-corrected chi connectivity index (χ4v) is 2.58. The lowest BCUT2D eigenvalue weighted by Crippen LogP contribution is -2.47. The summed E-state index contributed by atoms with van der Waals surface area (Å²) in [6.45, 7) is 3.35. The Bertz CT molecular complexity index is 385. The maximum absolute atomic E-state index is 13.4. The van der Waals surface area contributed by atoms with Crippen LogP contribution in [0.1, 0.15) is 29.6 Å². The molecule has 0 aliphatic carbocycles. The molecule has 104 valence electrons. The van der Waals surface area contributed by atoms with Gasteiger partial charge >= 0.3 is 12.1 Å². The molecule has 1 aromatic heterocycles. The molecule has 1 atom stereocenters. The van der Waals surface area contributed by atoms with Crippen molar-refractivity contribution >= 4 is 11.3 Å². The SMILES string of the molecule is CCNC(c1ccc(CC)s1)C(F)(F)C(F)(F)F. The maximum Gasteiger partial charge on any atom is 0.455 e. The third-order valence-corrected chi connectivity index (χ3v) is 3.76. The van der Waals surface area contributed by atoms with Gasteiger partial charge in [-0.25, -0.2) is 0 Å². The zero-order chi connectivity index (χ0) is 14.0. The summed E-state index contributed by atoms with van der Waals surface area (Å²) in [4.78, 5) is 0.793. The first-order valence-electron chi connectivity index (χ1n) is 5.50. The summed E-state index contributed by atoms with van der Waals surface area (Å²) in [6, 6.07) is 0.889. The van der Waals surface area contributed by atoms with Crippen LogP contribution >= 0.6 is 11.3 Å². The predicted octanol–water partition coefficient (Wildman–Crippen LogP) is 4.16. The molecule has 0 bridgehead atoms. The average molecular weight is 287 g/mol. The molecule has 1 heterocycles. The maximum atomic E-state index is 13.4. The van der Waals surface area contributed by atoms with Crippen molar-refractivity contribution in [3.63, 3.8) is 0 Å². The van der Waals surface area contributed by atoms with Crippen molar-refractivity contribution in [2.75, 3.05) is 6.54 Å². The Labute approximate surface area is 106 Å². The molecule has 0 radical (unpaired) electrons. The van der Waals surface area contributed by atoms with Gasteiger partial charge < -0.3 is 5.32 Å². The molecule has 1 N–H and O–H groups in total. The Kier molecular flexibility index (Phi) is 4.72. The van der Waals surface area contributed by atoms with Crippen LogP contribution < -0.4 is 5.32 Å². The molecule has 1 aromatic rings. The van der Waals surface area contributed by atoms with Gasteiger partial charge in [-0.05, 0) is 25.1 Å². The van der Waals surface area contributed by atoms with Gasteiger partial charge in [-0.3, -0.25) is 0 Å². The Morgan fingerprint density at radius 2 is 1.78 bits per heavy atom. The second-order valence-electron chi connectivity index (χ2n) is 3.77. The van der Waals surface area contributed by atoms with Gasteiger partial charge in [0.1, 0.15) is 6.04 Å². The van der Waals surface area contributed by atoms with E-state index in [4.69, 9.17) is 0 Å². The second kappa shape index (κ2) is 5.52. The summed E-state index contributed by atoms with van der Waals surface area (Å²) in [5, 5.41) is 2.22. The lowest BCUT2D eigenvalue weighted by molar-refractivity contribution is -0.294. The lowest BCUT2D eigenvalue weighted by atomic mass is 10.1. The number of hydrogen-bond donors (Lipinski definition) is 1. The average Bonchev–Trinajstić information content (AvgIpc) is 2.72. The van der Waals surface area contributed by atoms with Gasteiger partial charge in [0.05, 0.1) is 0 Å². The van der Waals surface area contributed by atoms with Crippen LogP contribution in [0, 0.1) is 0 Å². The van der Waals surface area contributed by atoms with E-state index in [2.05, 4.69) is 5.32 Å². The summed E-state index contributed by atoms with van der Waals surface area (Å²) >= 11 is 0.981. The zero-order valence-electron chi connectivity index (χ0n) is 9.94. The van der Waals surface area contributed by atoms with E-state index >= 15 is 0 Å². The highest BCUT2D eigenvalue weighted by atomic mass is 32.1. The van der Waals surface area contributed by atoms with E-state index in [1.807, 2.05) is 6.92 Å². The van der Waals surface area contributed by atoms with Crippen molar-refractivity contribution in [1.29, 1.82) is 0 Å². The number of rotatable bonds is 5. The normalized spacial score (nSPS) is 14.8. The second-order valence-corrected chi connectivity index (χ2v) is 4.97. The quantitative estimate of drug-likeness (QED) is 0.802. The molecule has 0 amide bonds. The van der Waals surface area contributed by atoms with Gasteiger partial charge in [-0.15, -0.1) is 11.3 Å². The summed E-state index contributed by atoms with van der Waals surface area (Å²) in [5.74, 6) is -4.78. The Morgan fingerprint density at radius 3 is 2.17 bits per heavy atom. The van der Waals surface area contributed by atoms with Crippen molar-refractivity contribution in [3.8, 4) is 0 Å². The van der Waals surface area contributed by atoms with Crippen molar-refractivity contribution in [3.05, 3.63) is 21.9 Å². The first kappa shape index (κ1) is 15.4. The summed E-state index contributed by atoms with van der Waals surface area (Å²) in [6.07, 6.45) is -4.95. The highest BCUT2D eigenvalue weighted by Crippen LogP contribution is 2.45. The summed E-state index contributed by atoms with van der Waals surface area (Å²) in [7, 11) is 0. The van der Waals surface area contributed by atoms with Gasteiger partial charge in [-0.1, -0.05) is 13.8 Å². The van der Waals surface area contributed by atoms with E-state index in [-0.39, 0.29) is 11.4 Å². The minimum absolute atomic E-state index is 0.0102. The van der Waals surface area contributed by atoms with Gasteiger partial charge in [-0.2, -0.15) is 22.0 Å². The van der Waals surface area contributed by atoms with Crippen LogP contribution in [0.4, 0.5) is 22.0 Å². The molecule has 0 aliphatic rings. The predicted molar refractivity (Wildman–Crippen MR) is 61.1 cm³/mol. The smallest absolute Gasteiger partial charge is 0.304 e. The molecule has 0 fully saturated rings. The van der Waals surface area contributed by atoms with Crippen LogP contribution in [0.25, 0.3) is 0 Å². The van der Waals surface area contributed by atoms with Crippen molar-refractivity contribution in [2.45, 2.75) is 38.4 Å². The molecule has 0 aliphatic heterocycles. The lowest BCUT2D eigenvalue weighted by Gasteiger charge is -2.28. The van der Waals surface area contributed by atoms with Gasteiger partial charge in [0.25, 0.3) is 0 Å². The molecule has 0 saturated heterocycles. The molecule has 18 heavy (non-hydrogen) atoms. The first-order chi connectivity index (χ1) is 8.24. The topological polar surface area (TPSA) is 12.0 Å². The molecule has 1 rings (SSSR count). The van der Waals surface area contributed by atoms with E-state index in [9.17, 15) is 22.0 Å². The minimum Gasteiger partial charge on any atom is -0.304 e. The number of halogens is 5. The van der Waals surface area contributed by atoms with Crippen LogP contribution in [0.5, 0.6) is 0 Å². The van der Waals surface area contributed by atoms with Gasteiger partial charge in [0.2, 0.25) is 0 Å². The minimum atomic E-state index is -5.56. The van der Waals surface area contributed by atoms with Crippen LogP contribution in [-0.2, 0) is 6.42 Å². The van der Waals surface area contributed by atoms with Crippen molar-refractivity contribution in [2.24, 2.45) is 0 Å². The van der Waals surface area contributed by atoms with Crippen LogP contribution in [-0.4, -0.2) is 18.6 Å². The molecule has 1 unspecified atom stereocenters. The summed E-state index contributed by atoms with van der Waals surface area (Å²) < 4.78 is 64.0. The highest BCUT2D eigenvalue weighted by Gasteiger charge is 2.62. The fourth-order valence-electron chi connectivity index (χ4n) is 1.51. The van der Waals surface area contributed by atoms with Crippen LogP contribution in [0.2, 0.25) is 0 Å². The molecular weight excluding hydrogens is 273 g/mol. The van der Waals surface area contributed by atoms with E-state index in [0.29, 0.717) is 6.42 Å². The number of aryl methyl sites for hydroxylation is 1. The Balaban J connectivity index is 3.09. The largest absolute Gasteiger partial charge is 0.455 e. The van der Waals surface area contributed by atoms with E-state index in [1.165, 1.54) is 13.0 Å². The molecule has 0 aromatic carbocycles. The first-order valence-corrected chi connectivity index (χ1v) is 6.32. The molecular formula is C11H14F5NS.